The van der Waals surface area contributed by atoms with Crippen LogP contribution in [0.25, 0.3) is 0 Å². The number of carbonyl (C=O) groups is 1. The summed E-state index contributed by atoms with van der Waals surface area (Å²) in [5.74, 6) is 0. The molecule has 2 aromatic rings. The molecule has 1 aromatic heterocycles. The number of anilines is 1. The van der Waals surface area contributed by atoms with Crippen LogP contribution in [0.5, 0.6) is 0 Å². The number of nitrogens with zero attached hydrogens (tertiary/aromatic N) is 1. The molecule has 1 heterocycles. The molecule has 4 heteroatoms. The largest absolute Gasteiger partial charge is 0.334 e. The van der Waals surface area contributed by atoms with Gasteiger partial charge in [0.1, 0.15) is 0 Å². The van der Waals surface area contributed by atoms with Crippen LogP contribution in [0.15, 0.2) is 54.9 Å². The maximum Gasteiger partial charge on any atom is 0.319 e. The van der Waals surface area contributed by atoms with Crippen molar-refractivity contribution in [2.24, 2.45) is 0 Å². The second-order valence-corrected chi connectivity index (χ2v) is 3.53. The van der Waals surface area contributed by atoms with Crippen LogP contribution < -0.4 is 10.6 Å². The summed E-state index contributed by atoms with van der Waals surface area (Å²) >= 11 is 0. The number of para-hydroxylation sites is 1. The molecule has 2 amide bonds. The van der Waals surface area contributed by atoms with Crippen molar-refractivity contribution in [3.8, 4) is 0 Å². The van der Waals surface area contributed by atoms with Crippen molar-refractivity contribution in [2.75, 3.05) is 5.32 Å². The first-order valence-corrected chi connectivity index (χ1v) is 5.33. The number of aromatic nitrogens is 1. The second kappa shape index (κ2) is 7.06. The highest BCUT2D eigenvalue weighted by Crippen LogP contribution is 2.04. The zero-order valence-corrected chi connectivity index (χ0v) is 9.26. The standard InChI is InChI=1S/C13H13N3O.CH4/c17-13(16-12-4-2-1-3-5-12)15-10-11-6-8-14-9-7-11;/h1-9H,10H2,(H2,15,16,17);1H4. The second-order valence-electron chi connectivity index (χ2n) is 3.53. The molecule has 0 saturated carbocycles. The lowest BCUT2D eigenvalue weighted by atomic mass is 10.3. The van der Waals surface area contributed by atoms with Crippen LogP contribution in [0.1, 0.15) is 13.0 Å². The van der Waals surface area contributed by atoms with Crippen LogP contribution in [0.3, 0.4) is 0 Å². The fraction of sp³-hybridized carbons (Fsp3) is 0.143. The van der Waals surface area contributed by atoms with Crippen LogP contribution in [0, 0.1) is 0 Å². The maximum absolute atomic E-state index is 11.5. The van der Waals surface area contributed by atoms with E-state index in [2.05, 4.69) is 15.6 Å². The van der Waals surface area contributed by atoms with Gasteiger partial charge in [0.15, 0.2) is 0 Å². The molecule has 0 fully saturated rings. The van der Waals surface area contributed by atoms with E-state index < -0.39 is 0 Å². The Balaban J connectivity index is 0.00000162. The van der Waals surface area contributed by atoms with Crippen molar-refractivity contribution >= 4 is 11.7 Å². The smallest absolute Gasteiger partial charge is 0.319 e. The van der Waals surface area contributed by atoms with E-state index in [1.165, 1.54) is 0 Å². The van der Waals surface area contributed by atoms with Crippen LogP contribution >= 0.6 is 0 Å². The number of amides is 2. The van der Waals surface area contributed by atoms with Crippen LogP contribution in [-0.2, 0) is 6.54 Å². The van der Waals surface area contributed by atoms with E-state index in [4.69, 9.17) is 0 Å². The number of hydrogen-bond donors (Lipinski definition) is 2. The molecule has 2 rings (SSSR count). The Hall–Kier alpha value is -2.36. The van der Waals surface area contributed by atoms with Crippen LogP contribution in [0.2, 0.25) is 0 Å². The molecular formula is C14H17N3O. The highest BCUT2D eigenvalue weighted by molar-refractivity contribution is 5.89. The third-order valence-electron chi connectivity index (χ3n) is 2.23. The minimum Gasteiger partial charge on any atom is -0.334 e. The van der Waals surface area contributed by atoms with Gasteiger partial charge in [-0.1, -0.05) is 25.6 Å². The van der Waals surface area contributed by atoms with Gasteiger partial charge in [-0.25, -0.2) is 4.79 Å². The van der Waals surface area contributed by atoms with Crippen LogP contribution in [0.4, 0.5) is 10.5 Å². The Morgan fingerprint density at radius 2 is 1.72 bits per heavy atom. The number of hydrogen-bond acceptors (Lipinski definition) is 2. The Morgan fingerprint density at radius 1 is 1.06 bits per heavy atom. The minimum atomic E-state index is -0.215. The number of pyridine rings is 1. The lowest BCUT2D eigenvalue weighted by Gasteiger charge is -2.07. The van der Waals surface area contributed by atoms with E-state index in [0.29, 0.717) is 6.54 Å². The quantitative estimate of drug-likeness (QED) is 0.870. The molecule has 1 aromatic carbocycles. The number of nitrogens with one attached hydrogen (secondary N) is 2. The molecule has 0 aliphatic carbocycles. The summed E-state index contributed by atoms with van der Waals surface area (Å²) < 4.78 is 0. The van der Waals surface area contributed by atoms with E-state index in [-0.39, 0.29) is 13.5 Å². The van der Waals surface area contributed by atoms with Crippen molar-refractivity contribution in [3.63, 3.8) is 0 Å². The zero-order valence-electron chi connectivity index (χ0n) is 9.26. The predicted octanol–water partition coefficient (Wildman–Crippen LogP) is 3.04. The van der Waals surface area contributed by atoms with E-state index >= 15 is 0 Å². The van der Waals surface area contributed by atoms with Crippen molar-refractivity contribution in [1.82, 2.24) is 10.3 Å². The molecule has 4 nitrogen and oxygen atoms in total. The predicted molar refractivity (Wildman–Crippen MR) is 73.3 cm³/mol. The summed E-state index contributed by atoms with van der Waals surface area (Å²) in [5, 5.41) is 5.52. The van der Waals surface area contributed by atoms with Gasteiger partial charge in [-0.3, -0.25) is 4.98 Å². The summed E-state index contributed by atoms with van der Waals surface area (Å²) in [5.41, 5.74) is 1.79. The first-order chi connectivity index (χ1) is 8.34. The number of carbonyl (C=O) groups excluding carboxylic acids is 1. The number of rotatable bonds is 3. The van der Waals surface area contributed by atoms with E-state index in [0.717, 1.165) is 11.3 Å². The van der Waals surface area contributed by atoms with Gasteiger partial charge in [-0.05, 0) is 29.8 Å². The SMILES string of the molecule is C.O=C(NCc1ccncc1)Nc1ccccc1. The van der Waals surface area contributed by atoms with Gasteiger partial charge in [-0.15, -0.1) is 0 Å². The highest BCUT2D eigenvalue weighted by atomic mass is 16.2. The normalized spacial score (nSPS) is 9.11. The van der Waals surface area contributed by atoms with Gasteiger partial charge in [0.25, 0.3) is 0 Å². The lowest BCUT2D eigenvalue weighted by molar-refractivity contribution is 0.251. The minimum absolute atomic E-state index is 0. The van der Waals surface area contributed by atoms with Crippen molar-refractivity contribution < 1.29 is 4.79 Å². The number of benzene rings is 1. The fourth-order valence-electron chi connectivity index (χ4n) is 1.38. The topological polar surface area (TPSA) is 54.0 Å². The Morgan fingerprint density at radius 3 is 2.39 bits per heavy atom. The summed E-state index contributed by atoms with van der Waals surface area (Å²) in [6.45, 7) is 0.487. The lowest BCUT2D eigenvalue weighted by Crippen LogP contribution is -2.28. The zero-order chi connectivity index (χ0) is 11.9. The third kappa shape index (κ3) is 4.25. The van der Waals surface area contributed by atoms with Gasteiger partial charge in [0, 0.05) is 24.6 Å². The van der Waals surface area contributed by atoms with Gasteiger partial charge < -0.3 is 10.6 Å². The molecule has 0 radical (unpaired) electrons. The molecule has 0 unspecified atom stereocenters. The summed E-state index contributed by atoms with van der Waals surface area (Å²) in [4.78, 5) is 15.5. The molecule has 18 heavy (non-hydrogen) atoms. The number of urea groups is 1. The molecular weight excluding hydrogens is 226 g/mol. The average Bonchev–Trinajstić information content (AvgIpc) is 2.39. The molecule has 94 valence electrons. The first-order valence-electron chi connectivity index (χ1n) is 5.33. The van der Waals surface area contributed by atoms with Gasteiger partial charge in [0.2, 0.25) is 0 Å². The molecule has 0 saturated heterocycles. The van der Waals surface area contributed by atoms with E-state index in [9.17, 15) is 4.79 Å². The van der Waals surface area contributed by atoms with Crippen molar-refractivity contribution in [1.29, 1.82) is 0 Å². The molecule has 2 N–H and O–H groups in total. The monoisotopic (exact) mass is 243 g/mol. The highest BCUT2D eigenvalue weighted by Gasteiger charge is 2.00. The van der Waals surface area contributed by atoms with Gasteiger partial charge in [0.05, 0.1) is 0 Å². The van der Waals surface area contributed by atoms with Crippen LogP contribution in [-0.4, -0.2) is 11.0 Å². The summed E-state index contributed by atoms with van der Waals surface area (Å²) in [6, 6.07) is 12.8. The molecule has 0 aliphatic rings. The summed E-state index contributed by atoms with van der Waals surface area (Å²) in [6.07, 6.45) is 3.40. The molecule has 0 bridgehead atoms. The maximum atomic E-state index is 11.5. The van der Waals surface area contributed by atoms with E-state index in [1.807, 2.05) is 42.5 Å². The molecule has 0 aliphatic heterocycles. The van der Waals surface area contributed by atoms with Crippen molar-refractivity contribution in [2.45, 2.75) is 14.0 Å². The Kier molecular flexibility index (Phi) is 5.38. The van der Waals surface area contributed by atoms with Gasteiger partial charge >= 0.3 is 6.03 Å². The van der Waals surface area contributed by atoms with Crippen molar-refractivity contribution in [3.05, 3.63) is 60.4 Å². The fourth-order valence-corrected chi connectivity index (χ4v) is 1.38. The first kappa shape index (κ1) is 13.7. The molecule has 0 atom stereocenters. The third-order valence-corrected chi connectivity index (χ3v) is 2.23. The Labute approximate surface area is 107 Å². The van der Waals surface area contributed by atoms with Gasteiger partial charge in [-0.2, -0.15) is 0 Å². The molecule has 0 spiro atoms. The van der Waals surface area contributed by atoms with E-state index in [1.54, 1.807) is 12.4 Å². The summed E-state index contributed by atoms with van der Waals surface area (Å²) in [7, 11) is 0. The Bertz CT molecular complexity index is 471. The average molecular weight is 243 g/mol.